The molecular weight excluding hydrogens is 253 g/mol. The van der Waals surface area contributed by atoms with E-state index in [2.05, 4.69) is 6.92 Å². The number of unbranched alkanes of at least 4 members (excludes halogenated alkanes) is 1. The summed E-state index contributed by atoms with van der Waals surface area (Å²) >= 11 is 5.70. The third kappa shape index (κ3) is 4.30. The average molecular weight is 272 g/mol. The molecule has 0 bridgehead atoms. The van der Waals surface area contributed by atoms with E-state index in [1.807, 2.05) is 0 Å². The highest BCUT2D eigenvalue weighted by Gasteiger charge is 2.15. The van der Waals surface area contributed by atoms with Crippen LogP contribution >= 0.6 is 11.6 Å². The zero-order valence-electron chi connectivity index (χ0n) is 10.9. The molecule has 1 amide bonds. The van der Waals surface area contributed by atoms with Crippen molar-refractivity contribution < 1.29 is 9.18 Å². The SMILES string of the molecule is CCCCN(CCCl)C(=O)c1cc(C)cc(F)c1. The molecular formula is C14H19ClFNO. The molecule has 0 saturated carbocycles. The van der Waals surface area contributed by atoms with E-state index in [1.54, 1.807) is 17.9 Å². The van der Waals surface area contributed by atoms with E-state index in [0.717, 1.165) is 18.4 Å². The topological polar surface area (TPSA) is 20.3 Å². The average Bonchev–Trinajstić information content (AvgIpc) is 2.32. The molecule has 4 heteroatoms. The van der Waals surface area contributed by atoms with Crippen LogP contribution in [0.2, 0.25) is 0 Å². The van der Waals surface area contributed by atoms with Crippen molar-refractivity contribution in [1.29, 1.82) is 0 Å². The highest BCUT2D eigenvalue weighted by molar-refractivity contribution is 6.18. The second-order valence-electron chi connectivity index (χ2n) is 4.35. The molecule has 0 unspecified atom stereocenters. The lowest BCUT2D eigenvalue weighted by molar-refractivity contribution is 0.0763. The van der Waals surface area contributed by atoms with Crippen molar-refractivity contribution in [3.63, 3.8) is 0 Å². The van der Waals surface area contributed by atoms with Gasteiger partial charge >= 0.3 is 0 Å². The van der Waals surface area contributed by atoms with Gasteiger partial charge in [-0.1, -0.05) is 13.3 Å². The van der Waals surface area contributed by atoms with Gasteiger partial charge in [-0.2, -0.15) is 0 Å². The minimum absolute atomic E-state index is 0.147. The number of benzene rings is 1. The fourth-order valence-electron chi connectivity index (χ4n) is 1.81. The second-order valence-corrected chi connectivity index (χ2v) is 4.73. The highest BCUT2D eigenvalue weighted by atomic mass is 35.5. The molecule has 100 valence electrons. The molecule has 0 aromatic heterocycles. The van der Waals surface area contributed by atoms with Crippen molar-refractivity contribution >= 4 is 17.5 Å². The zero-order chi connectivity index (χ0) is 13.5. The third-order valence-corrected chi connectivity index (χ3v) is 2.88. The fourth-order valence-corrected chi connectivity index (χ4v) is 2.01. The molecule has 0 aliphatic rings. The highest BCUT2D eigenvalue weighted by Crippen LogP contribution is 2.12. The molecule has 0 fully saturated rings. The van der Waals surface area contributed by atoms with E-state index in [1.165, 1.54) is 12.1 Å². The maximum atomic E-state index is 13.3. The van der Waals surface area contributed by atoms with Gasteiger partial charge in [0.1, 0.15) is 5.82 Å². The van der Waals surface area contributed by atoms with Crippen LogP contribution in [0.1, 0.15) is 35.7 Å². The Hall–Kier alpha value is -1.09. The number of halogens is 2. The Morgan fingerprint density at radius 1 is 1.33 bits per heavy atom. The Bertz CT molecular complexity index is 389. The summed E-state index contributed by atoms with van der Waals surface area (Å²) in [6.07, 6.45) is 1.94. The molecule has 0 aliphatic heterocycles. The molecule has 0 aliphatic carbocycles. The minimum Gasteiger partial charge on any atom is -0.337 e. The largest absolute Gasteiger partial charge is 0.337 e. The van der Waals surface area contributed by atoms with E-state index in [0.29, 0.717) is 24.5 Å². The molecule has 2 nitrogen and oxygen atoms in total. The van der Waals surface area contributed by atoms with Crippen molar-refractivity contribution in [1.82, 2.24) is 4.90 Å². The van der Waals surface area contributed by atoms with Gasteiger partial charge in [-0.25, -0.2) is 4.39 Å². The van der Waals surface area contributed by atoms with Crippen LogP contribution in [0.5, 0.6) is 0 Å². The standard InChI is InChI=1S/C14H19ClFNO/c1-3-4-6-17(7-5-15)14(18)12-8-11(2)9-13(16)10-12/h8-10H,3-7H2,1-2H3. The van der Waals surface area contributed by atoms with Crippen LogP contribution in [0.4, 0.5) is 4.39 Å². The fraction of sp³-hybridized carbons (Fsp3) is 0.500. The van der Waals surface area contributed by atoms with Gasteiger partial charge in [-0.15, -0.1) is 11.6 Å². The van der Waals surface area contributed by atoms with Crippen LogP contribution in [-0.4, -0.2) is 29.8 Å². The molecule has 18 heavy (non-hydrogen) atoms. The van der Waals surface area contributed by atoms with Crippen LogP contribution in [0.15, 0.2) is 18.2 Å². The Labute approximate surface area is 113 Å². The van der Waals surface area contributed by atoms with Gasteiger partial charge in [0.2, 0.25) is 0 Å². The monoisotopic (exact) mass is 271 g/mol. The number of rotatable bonds is 6. The van der Waals surface area contributed by atoms with Crippen LogP contribution in [0.25, 0.3) is 0 Å². The predicted octanol–water partition coefficient (Wildman–Crippen LogP) is 3.62. The molecule has 0 N–H and O–H groups in total. The van der Waals surface area contributed by atoms with Crippen LogP contribution in [0.3, 0.4) is 0 Å². The summed E-state index contributed by atoms with van der Waals surface area (Å²) in [6, 6.07) is 4.40. The molecule has 0 spiro atoms. The smallest absolute Gasteiger partial charge is 0.254 e. The number of aryl methyl sites for hydroxylation is 1. The molecule has 1 aromatic rings. The summed E-state index contributed by atoms with van der Waals surface area (Å²) in [6.45, 7) is 5.00. The van der Waals surface area contributed by atoms with Crippen molar-refractivity contribution in [3.8, 4) is 0 Å². The summed E-state index contributed by atoms with van der Waals surface area (Å²) in [5, 5.41) is 0. The normalized spacial score (nSPS) is 10.4. The van der Waals surface area contributed by atoms with Gasteiger partial charge in [0.15, 0.2) is 0 Å². The number of hydrogen-bond acceptors (Lipinski definition) is 1. The number of carbonyl (C=O) groups is 1. The van der Waals surface area contributed by atoms with Gasteiger partial charge < -0.3 is 4.90 Å². The lowest BCUT2D eigenvalue weighted by atomic mass is 10.1. The summed E-state index contributed by atoms with van der Waals surface area (Å²) in [5.41, 5.74) is 1.15. The second kappa shape index (κ2) is 7.37. The van der Waals surface area contributed by atoms with Gasteiger partial charge in [0.25, 0.3) is 5.91 Å². The lowest BCUT2D eigenvalue weighted by Crippen LogP contribution is -2.33. The van der Waals surface area contributed by atoms with Crippen LogP contribution < -0.4 is 0 Å². The molecule has 1 aromatic carbocycles. The lowest BCUT2D eigenvalue weighted by Gasteiger charge is -2.21. The first-order chi connectivity index (χ1) is 8.58. The van der Waals surface area contributed by atoms with Crippen LogP contribution in [0, 0.1) is 12.7 Å². The molecule has 0 saturated heterocycles. The summed E-state index contributed by atoms with van der Waals surface area (Å²) in [7, 11) is 0. The maximum Gasteiger partial charge on any atom is 0.254 e. The maximum absolute atomic E-state index is 13.3. The van der Waals surface area contributed by atoms with Crippen molar-refractivity contribution in [3.05, 3.63) is 35.1 Å². The zero-order valence-corrected chi connectivity index (χ0v) is 11.6. The summed E-state index contributed by atoms with van der Waals surface area (Å²) in [5.74, 6) is -0.129. The Morgan fingerprint density at radius 3 is 2.61 bits per heavy atom. The molecule has 1 rings (SSSR count). The van der Waals surface area contributed by atoms with E-state index in [9.17, 15) is 9.18 Å². The number of amides is 1. The van der Waals surface area contributed by atoms with E-state index < -0.39 is 0 Å². The summed E-state index contributed by atoms with van der Waals surface area (Å²) in [4.78, 5) is 13.9. The van der Waals surface area contributed by atoms with Gasteiger partial charge in [0, 0.05) is 24.5 Å². The van der Waals surface area contributed by atoms with Gasteiger partial charge in [-0.3, -0.25) is 4.79 Å². The third-order valence-electron chi connectivity index (χ3n) is 2.71. The Kier molecular flexibility index (Phi) is 6.13. The van der Waals surface area contributed by atoms with E-state index in [4.69, 9.17) is 11.6 Å². The molecule has 0 heterocycles. The van der Waals surface area contributed by atoms with Crippen molar-refractivity contribution in [2.45, 2.75) is 26.7 Å². The van der Waals surface area contributed by atoms with Gasteiger partial charge in [-0.05, 0) is 37.1 Å². The first-order valence-electron chi connectivity index (χ1n) is 6.21. The Balaban J connectivity index is 2.86. The van der Waals surface area contributed by atoms with E-state index >= 15 is 0 Å². The number of hydrogen-bond donors (Lipinski definition) is 0. The number of alkyl halides is 1. The van der Waals surface area contributed by atoms with Crippen molar-refractivity contribution in [2.75, 3.05) is 19.0 Å². The number of nitrogens with zero attached hydrogens (tertiary/aromatic N) is 1. The van der Waals surface area contributed by atoms with Gasteiger partial charge in [0.05, 0.1) is 0 Å². The first-order valence-corrected chi connectivity index (χ1v) is 6.74. The van der Waals surface area contributed by atoms with Crippen LogP contribution in [-0.2, 0) is 0 Å². The minimum atomic E-state index is -0.375. The predicted molar refractivity (Wildman–Crippen MR) is 72.7 cm³/mol. The molecule has 0 atom stereocenters. The Morgan fingerprint density at radius 2 is 2.06 bits per heavy atom. The number of carbonyl (C=O) groups excluding carboxylic acids is 1. The quantitative estimate of drug-likeness (QED) is 0.724. The van der Waals surface area contributed by atoms with E-state index in [-0.39, 0.29) is 11.7 Å². The first kappa shape index (κ1) is 15.0. The summed E-state index contributed by atoms with van der Waals surface area (Å²) < 4.78 is 13.3. The molecule has 0 radical (unpaired) electrons. The van der Waals surface area contributed by atoms with Crippen molar-refractivity contribution in [2.24, 2.45) is 0 Å².